The van der Waals surface area contributed by atoms with Crippen LogP contribution in [-0.2, 0) is 6.54 Å². The fourth-order valence-electron chi connectivity index (χ4n) is 2.49. The van der Waals surface area contributed by atoms with Crippen molar-refractivity contribution in [2.45, 2.75) is 38.3 Å². The molecule has 0 amide bonds. The van der Waals surface area contributed by atoms with Crippen molar-refractivity contribution in [1.29, 1.82) is 0 Å². The maximum Gasteiger partial charge on any atom is 0.176 e. The summed E-state index contributed by atoms with van der Waals surface area (Å²) in [6, 6.07) is 7.67. The van der Waals surface area contributed by atoms with Crippen LogP contribution in [0.5, 0.6) is 5.75 Å². The molecule has 0 N–H and O–H groups in total. The van der Waals surface area contributed by atoms with E-state index in [4.69, 9.17) is 27.9 Å². The lowest BCUT2D eigenvalue weighted by Crippen LogP contribution is -2.10. The SMILES string of the molecule is Clc1ccc(Cn2ncc(OC3CCCC3)c2Cl)cc1. The van der Waals surface area contributed by atoms with Crippen molar-refractivity contribution < 1.29 is 4.74 Å². The van der Waals surface area contributed by atoms with E-state index in [0.717, 1.165) is 23.4 Å². The van der Waals surface area contributed by atoms with Crippen molar-refractivity contribution >= 4 is 23.2 Å². The Balaban J connectivity index is 1.71. The molecule has 1 fully saturated rings. The zero-order chi connectivity index (χ0) is 13.9. The number of ether oxygens (including phenoxy) is 1. The second-order valence-corrected chi connectivity index (χ2v) is 5.90. The highest BCUT2D eigenvalue weighted by molar-refractivity contribution is 6.31. The van der Waals surface area contributed by atoms with Gasteiger partial charge in [-0.05, 0) is 43.4 Å². The Bertz CT molecular complexity index is 574. The molecule has 0 atom stereocenters. The quantitative estimate of drug-likeness (QED) is 0.827. The first-order valence-corrected chi connectivity index (χ1v) is 7.60. The van der Waals surface area contributed by atoms with Gasteiger partial charge in [-0.3, -0.25) is 0 Å². The molecule has 106 valence electrons. The number of hydrogen-bond acceptors (Lipinski definition) is 2. The molecule has 1 aliphatic carbocycles. The monoisotopic (exact) mass is 310 g/mol. The van der Waals surface area contributed by atoms with Crippen LogP contribution in [0.2, 0.25) is 10.2 Å². The molecule has 20 heavy (non-hydrogen) atoms. The molecule has 0 bridgehead atoms. The molecule has 0 radical (unpaired) electrons. The van der Waals surface area contributed by atoms with Crippen molar-refractivity contribution in [1.82, 2.24) is 9.78 Å². The Morgan fingerprint density at radius 3 is 2.55 bits per heavy atom. The summed E-state index contributed by atoms with van der Waals surface area (Å²) in [6.45, 7) is 0.615. The van der Waals surface area contributed by atoms with E-state index in [2.05, 4.69) is 5.10 Å². The van der Waals surface area contributed by atoms with Crippen molar-refractivity contribution in [3.05, 3.63) is 46.2 Å². The molecule has 2 aromatic rings. The standard InChI is InChI=1S/C15H16Cl2N2O/c16-12-7-5-11(6-8-12)10-19-15(17)14(9-18-19)20-13-3-1-2-4-13/h5-9,13H,1-4,10H2. The highest BCUT2D eigenvalue weighted by atomic mass is 35.5. The highest BCUT2D eigenvalue weighted by Gasteiger charge is 2.19. The highest BCUT2D eigenvalue weighted by Crippen LogP contribution is 2.29. The molecule has 1 aromatic carbocycles. The molecule has 1 aliphatic rings. The number of aromatic nitrogens is 2. The summed E-state index contributed by atoms with van der Waals surface area (Å²) in [5.74, 6) is 0.688. The van der Waals surface area contributed by atoms with Gasteiger partial charge in [-0.1, -0.05) is 35.3 Å². The summed E-state index contributed by atoms with van der Waals surface area (Å²) in [5, 5.41) is 5.59. The molecule has 5 heteroatoms. The molecule has 1 heterocycles. The molecule has 1 aromatic heterocycles. The van der Waals surface area contributed by atoms with Crippen LogP contribution >= 0.6 is 23.2 Å². The average Bonchev–Trinajstić information content (AvgIpc) is 3.06. The number of nitrogens with zero attached hydrogens (tertiary/aromatic N) is 2. The Hall–Kier alpha value is -1.19. The van der Waals surface area contributed by atoms with Gasteiger partial charge in [0.05, 0.1) is 18.8 Å². The van der Waals surface area contributed by atoms with Gasteiger partial charge in [0.1, 0.15) is 0 Å². The summed E-state index contributed by atoms with van der Waals surface area (Å²) in [6.07, 6.45) is 6.69. The van der Waals surface area contributed by atoms with E-state index in [1.54, 1.807) is 10.9 Å². The van der Waals surface area contributed by atoms with Crippen LogP contribution < -0.4 is 4.74 Å². The summed E-state index contributed by atoms with van der Waals surface area (Å²) < 4.78 is 7.65. The number of rotatable bonds is 4. The number of hydrogen-bond donors (Lipinski definition) is 0. The van der Waals surface area contributed by atoms with Gasteiger partial charge in [0, 0.05) is 5.02 Å². The van der Waals surface area contributed by atoms with Gasteiger partial charge in [0.2, 0.25) is 0 Å². The van der Waals surface area contributed by atoms with Gasteiger partial charge >= 0.3 is 0 Å². The van der Waals surface area contributed by atoms with Crippen molar-refractivity contribution in [2.75, 3.05) is 0 Å². The summed E-state index contributed by atoms with van der Waals surface area (Å²) >= 11 is 12.2. The predicted molar refractivity (Wildman–Crippen MR) is 80.7 cm³/mol. The minimum absolute atomic E-state index is 0.292. The third kappa shape index (κ3) is 3.10. The van der Waals surface area contributed by atoms with E-state index < -0.39 is 0 Å². The molecule has 0 spiro atoms. The molecule has 0 saturated heterocycles. The van der Waals surface area contributed by atoms with Crippen LogP contribution in [0.15, 0.2) is 30.5 Å². The van der Waals surface area contributed by atoms with E-state index in [1.807, 2.05) is 24.3 Å². The molecule has 3 rings (SSSR count). The largest absolute Gasteiger partial charge is 0.486 e. The lowest BCUT2D eigenvalue weighted by Gasteiger charge is -2.11. The van der Waals surface area contributed by atoms with Crippen LogP contribution in [0.25, 0.3) is 0 Å². The first-order valence-electron chi connectivity index (χ1n) is 6.85. The first-order chi connectivity index (χ1) is 9.72. The Kier molecular flexibility index (Phi) is 4.18. The van der Waals surface area contributed by atoms with Gasteiger partial charge in [-0.2, -0.15) is 5.10 Å². The topological polar surface area (TPSA) is 27.1 Å². The lowest BCUT2D eigenvalue weighted by atomic mass is 10.2. The van der Waals surface area contributed by atoms with E-state index in [-0.39, 0.29) is 0 Å². The van der Waals surface area contributed by atoms with Crippen LogP contribution in [0.3, 0.4) is 0 Å². The van der Waals surface area contributed by atoms with E-state index in [0.29, 0.717) is 23.6 Å². The maximum absolute atomic E-state index is 6.33. The second-order valence-electron chi connectivity index (χ2n) is 5.11. The van der Waals surface area contributed by atoms with E-state index in [1.165, 1.54) is 12.8 Å². The zero-order valence-corrected chi connectivity index (χ0v) is 12.6. The third-order valence-corrected chi connectivity index (χ3v) is 4.22. The summed E-state index contributed by atoms with van der Waals surface area (Å²) in [5.41, 5.74) is 1.10. The van der Waals surface area contributed by atoms with Gasteiger partial charge in [0.25, 0.3) is 0 Å². The Morgan fingerprint density at radius 2 is 1.85 bits per heavy atom. The minimum atomic E-state index is 0.292. The summed E-state index contributed by atoms with van der Waals surface area (Å²) in [4.78, 5) is 0. The fourth-order valence-corrected chi connectivity index (χ4v) is 2.81. The van der Waals surface area contributed by atoms with Crippen molar-refractivity contribution in [3.8, 4) is 5.75 Å². The zero-order valence-electron chi connectivity index (χ0n) is 11.1. The van der Waals surface area contributed by atoms with Crippen LogP contribution in [0.4, 0.5) is 0 Å². The molecule has 3 nitrogen and oxygen atoms in total. The molecular formula is C15H16Cl2N2O. The normalized spacial score (nSPS) is 15.7. The van der Waals surface area contributed by atoms with Gasteiger partial charge < -0.3 is 4.74 Å². The average molecular weight is 311 g/mol. The van der Waals surface area contributed by atoms with Crippen LogP contribution in [0, 0.1) is 0 Å². The van der Waals surface area contributed by atoms with E-state index in [9.17, 15) is 0 Å². The predicted octanol–water partition coefficient (Wildman–Crippen LogP) is 4.56. The fraction of sp³-hybridized carbons (Fsp3) is 0.400. The number of halogens is 2. The second kappa shape index (κ2) is 6.06. The maximum atomic E-state index is 6.33. The molecular weight excluding hydrogens is 295 g/mol. The number of benzene rings is 1. The molecule has 0 unspecified atom stereocenters. The molecule has 0 aliphatic heterocycles. The first kappa shape index (κ1) is 13.8. The van der Waals surface area contributed by atoms with Gasteiger partial charge in [0.15, 0.2) is 10.9 Å². The van der Waals surface area contributed by atoms with Crippen molar-refractivity contribution in [3.63, 3.8) is 0 Å². The van der Waals surface area contributed by atoms with Gasteiger partial charge in [-0.15, -0.1) is 0 Å². The summed E-state index contributed by atoms with van der Waals surface area (Å²) in [7, 11) is 0. The van der Waals surface area contributed by atoms with Gasteiger partial charge in [-0.25, -0.2) is 4.68 Å². The van der Waals surface area contributed by atoms with Crippen molar-refractivity contribution in [2.24, 2.45) is 0 Å². The Labute approximate surface area is 128 Å². The smallest absolute Gasteiger partial charge is 0.176 e. The van der Waals surface area contributed by atoms with E-state index >= 15 is 0 Å². The lowest BCUT2D eigenvalue weighted by molar-refractivity contribution is 0.210. The Morgan fingerprint density at radius 1 is 1.15 bits per heavy atom. The van der Waals surface area contributed by atoms with Crippen LogP contribution in [-0.4, -0.2) is 15.9 Å². The molecule has 1 saturated carbocycles. The minimum Gasteiger partial charge on any atom is -0.486 e. The van der Waals surface area contributed by atoms with Crippen LogP contribution in [0.1, 0.15) is 31.2 Å². The third-order valence-electron chi connectivity index (χ3n) is 3.59.